The topological polar surface area (TPSA) is 85.1 Å². The van der Waals surface area contributed by atoms with E-state index in [2.05, 4.69) is 55.3 Å². The molecule has 0 aliphatic heterocycles. The summed E-state index contributed by atoms with van der Waals surface area (Å²) in [5, 5.41) is 2.83. The third-order valence-electron chi connectivity index (χ3n) is 4.97. The monoisotopic (exact) mass is 401 g/mol. The zero-order valence-electron chi connectivity index (χ0n) is 17.6. The van der Waals surface area contributed by atoms with Crippen molar-refractivity contribution in [1.82, 2.24) is 4.98 Å². The van der Waals surface area contributed by atoms with Crippen molar-refractivity contribution < 1.29 is 9.59 Å². The van der Waals surface area contributed by atoms with Crippen LogP contribution >= 0.6 is 0 Å². The Balaban J connectivity index is 1.57. The summed E-state index contributed by atoms with van der Waals surface area (Å²) in [6, 6.07) is 19.1. The molecule has 5 heteroatoms. The van der Waals surface area contributed by atoms with Gasteiger partial charge in [0.25, 0.3) is 0 Å². The van der Waals surface area contributed by atoms with Gasteiger partial charge in [-0.15, -0.1) is 0 Å². The van der Waals surface area contributed by atoms with Crippen LogP contribution in [0.2, 0.25) is 0 Å². The number of hydrogen-bond acceptors (Lipinski definition) is 3. The lowest BCUT2D eigenvalue weighted by atomic mass is 9.86. The molecule has 0 radical (unpaired) electrons. The third kappa shape index (κ3) is 5.54. The normalized spacial score (nSPS) is 11.2. The zero-order chi connectivity index (χ0) is 21.7. The van der Waals surface area contributed by atoms with Crippen molar-refractivity contribution in [2.75, 3.05) is 5.32 Å². The van der Waals surface area contributed by atoms with Gasteiger partial charge in [0.2, 0.25) is 11.8 Å². The average molecular weight is 402 g/mol. The Morgan fingerprint density at radius 1 is 0.967 bits per heavy atom. The fourth-order valence-corrected chi connectivity index (χ4v) is 3.13. The smallest absolute Gasteiger partial charge is 0.248 e. The van der Waals surface area contributed by atoms with Crippen molar-refractivity contribution >= 4 is 17.6 Å². The van der Waals surface area contributed by atoms with Gasteiger partial charge in [-0.25, -0.2) is 4.98 Å². The van der Waals surface area contributed by atoms with Crippen LogP contribution in [-0.2, 0) is 16.6 Å². The number of carbonyl (C=O) groups excluding carboxylic acids is 2. The van der Waals surface area contributed by atoms with Gasteiger partial charge in [0.15, 0.2) is 0 Å². The predicted octanol–water partition coefficient (Wildman–Crippen LogP) is 4.72. The van der Waals surface area contributed by atoms with Crippen molar-refractivity contribution in [3.63, 3.8) is 0 Å². The number of hydrogen-bond donors (Lipinski definition) is 2. The molecule has 1 aromatic heterocycles. The summed E-state index contributed by atoms with van der Waals surface area (Å²) in [7, 11) is 0. The van der Waals surface area contributed by atoms with E-state index in [1.54, 1.807) is 30.5 Å². The molecule has 3 aromatic rings. The number of nitrogens with one attached hydrogen (secondary N) is 1. The summed E-state index contributed by atoms with van der Waals surface area (Å²) >= 11 is 0. The highest BCUT2D eigenvalue weighted by molar-refractivity contribution is 5.94. The van der Waals surface area contributed by atoms with E-state index in [-0.39, 0.29) is 11.3 Å². The fourth-order valence-electron chi connectivity index (χ4n) is 3.13. The molecule has 154 valence electrons. The number of nitrogens with two attached hydrogens (primary N) is 1. The first kappa shape index (κ1) is 21.2. The second kappa shape index (κ2) is 8.91. The first-order chi connectivity index (χ1) is 14.2. The van der Waals surface area contributed by atoms with E-state index in [9.17, 15) is 9.59 Å². The molecular formula is C25H27N3O2. The fraction of sp³-hybridized carbons (Fsp3) is 0.240. The Kier molecular flexibility index (Phi) is 6.31. The molecule has 0 fully saturated rings. The minimum atomic E-state index is -0.471. The molecule has 3 N–H and O–H groups in total. The van der Waals surface area contributed by atoms with Crippen LogP contribution in [0.1, 0.15) is 48.7 Å². The average Bonchev–Trinajstić information content (AvgIpc) is 2.72. The van der Waals surface area contributed by atoms with Crippen LogP contribution in [0, 0.1) is 0 Å². The molecule has 5 nitrogen and oxygen atoms in total. The molecule has 0 spiro atoms. The maximum atomic E-state index is 12.3. The number of aromatic nitrogens is 1. The second-order valence-electron chi connectivity index (χ2n) is 8.37. The number of benzene rings is 2. The number of primary amides is 1. The zero-order valence-corrected chi connectivity index (χ0v) is 17.6. The maximum Gasteiger partial charge on any atom is 0.248 e. The van der Waals surface area contributed by atoms with Crippen LogP contribution in [0.5, 0.6) is 0 Å². The van der Waals surface area contributed by atoms with Gasteiger partial charge in [-0.2, -0.15) is 0 Å². The molecule has 2 amide bonds. The molecule has 0 atom stereocenters. The van der Waals surface area contributed by atoms with Crippen LogP contribution in [0.3, 0.4) is 0 Å². The number of nitrogens with zero attached hydrogens (tertiary/aromatic N) is 1. The summed E-state index contributed by atoms with van der Waals surface area (Å²) in [5.41, 5.74) is 10.00. The summed E-state index contributed by atoms with van der Waals surface area (Å²) in [6.45, 7) is 6.55. The number of amides is 2. The standard InChI is InChI=1S/C25H27N3O2/c1-25(2,3)21-11-7-17(8-12-21)9-14-23(29)28-22-13-10-20(16-27-22)18-5-4-6-19(15-18)24(26)30/h4-8,10-13,15-16H,9,14H2,1-3H3,(H2,26,30)(H,27,28,29). The first-order valence-electron chi connectivity index (χ1n) is 9.98. The first-order valence-corrected chi connectivity index (χ1v) is 9.98. The van der Waals surface area contributed by atoms with Crippen molar-refractivity contribution in [2.45, 2.75) is 39.0 Å². The van der Waals surface area contributed by atoms with E-state index >= 15 is 0 Å². The van der Waals surface area contributed by atoms with Gasteiger partial charge in [0.05, 0.1) is 0 Å². The van der Waals surface area contributed by atoms with Crippen LogP contribution < -0.4 is 11.1 Å². The molecule has 3 rings (SSSR count). The molecule has 2 aromatic carbocycles. The number of anilines is 1. The molecule has 0 bridgehead atoms. The second-order valence-corrected chi connectivity index (χ2v) is 8.37. The van der Waals surface area contributed by atoms with E-state index in [4.69, 9.17) is 5.73 Å². The van der Waals surface area contributed by atoms with Crippen LogP contribution in [0.25, 0.3) is 11.1 Å². The SMILES string of the molecule is CC(C)(C)c1ccc(CCC(=O)Nc2ccc(-c3cccc(C(N)=O)c3)cn2)cc1. The number of carbonyl (C=O) groups is 2. The van der Waals surface area contributed by atoms with Gasteiger partial charge >= 0.3 is 0 Å². The Labute approximate surface area is 177 Å². The molecule has 30 heavy (non-hydrogen) atoms. The van der Waals surface area contributed by atoms with E-state index in [0.717, 1.165) is 16.7 Å². The predicted molar refractivity (Wildman–Crippen MR) is 120 cm³/mol. The summed E-state index contributed by atoms with van der Waals surface area (Å²) in [5.74, 6) is -0.0505. The summed E-state index contributed by atoms with van der Waals surface area (Å²) < 4.78 is 0. The molecule has 0 aliphatic carbocycles. The minimum Gasteiger partial charge on any atom is -0.366 e. The van der Waals surface area contributed by atoms with Gasteiger partial charge in [-0.1, -0.05) is 57.2 Å². The van der Waals surface area contributed by atoms with Crippen LogP contribution in [0.4, 0.5) is 5.82 Å². The van der Waals surface area contributed by atoms with Gasteiger partial charge in [-0.3, -0.25) is 9.59 Å². The lowest BCUT2D eigenvalue weighted by Gasteiger charge is -2.19. The van der Waals surface area contributed by atoms with Crippen molar-refractivity contribution in [3.8, 4) is 11.1 Å². The highest BCUT2D eigenvalue weighted by atomic mass is 16.2. The Bertz CT molecular complexity index is 1030. The van der Waals surface area contributed by atoms with E-state index in [1.807, 2.05) is 12.1 Å². The number of rotatable bonds is 6. The van der Waals surface area contributed by atoms with Gasteiger partial charge in [0.1, 0.15) is 5.82 Å². The number of pyridine rings is 1. The van der Waals surface area contributed by atoms with Crippen LogP contribution in [0.15, 0.2) is 66.9 Å². The van der Waals surface area contributed by atoms with Gasteiger partial charge < -0.3 is 11.1 Å². The highest BCUT2D eigenvalue weighted by Crippen LogP contribution is 2.23. The van der Waals surface area contributed by atoms with Gasteiger partial charge in [-0.05, 0) is 52.8 Å². The van der Waals surface area contributed by atoms with E-state index in [0.29, 0.717) is 24.2 Å². The Hall–Kier alpha value is -3.47. The molecule has 0 saturated carbocycles. The maximum absolute atomic E-state index is 12.3. The van der Waals surface area contributed by atoms with Gasteiger partial charge in [0, 0.05) is 23.7 Å². The lowest BCUT2D eigenvalue weighted by Crippen LogP contribution is -2.13. The quantitative estimate of drug-likeness (QED) is 0.627. The van der Waals surface area contributed by atoms with E-state index in [1.165, 1.54) is 5.56 Å². The van der Waals surface area contributed by atoms with E-state index < -0.39 is 5.91 Å². The number of aryl methyl sites for hydroxylation is 1. The van der Waals surface area contributed by atoms with Crippen LogP contribution in [-0.4, -0.2) is 16.8 Å². The van der Waals surface area contributed by atoms with Crippen molar-refractivity contribution in [1.29, 1.82) is 0 Å². The molecular weight excluding hydrogens is 374 g/mol. The summed E-state index contributed by atoms with van der Waals surface area (Å²) in [6.07, 6.45) is 2.73. The lowest BCUT2D eigenvalue weighted by molar-refractivity contribution is -0.116. The highest BCUT2D eigenvalue weighted by Gasteiger charge is 2.13. The summed E-state index contributed by atoms with van der Waals surface area (Å²) in [4.78, 5) is 27.9. The molecule has 0 unspecified atom stereocenters. The minimum absolute atomic E-state index is 0.0779. The third-order valence-corrected chi connectivity index (χ3v) is 4.97. The van der Waals surface area contributed by atoms with Crippen molar-refractivity contribution in [3.05, 3.63) is 83.6 Å². The largest absolute Gasteiger partial charge is 0.366 e. The molecule has 0 aliphatic rings. The molecule has 1 heterocycles. The Morgan fingerprint density at radius 3 is 2.30 bits per heavy atom. The van der Waals surface area contributed by atoms with Crippen molar-refractivity contribution in [2.24, 2.45) is 5.73 Å². The Morgan fingerprint density at radius 2 is 1.70 bits per heavy atom. The molecule has 0 saturated heterocycles.